The minimum absolute atomic E-state index is 0.362. The van der Waals surface area contributed by atoms with E-state index in [1.165, 1.54) is 12.7 Å². The van der Waals surface area contributed by atoms with Crippen molar-refractivity contribution < 1.29 is 9.53 Å². The molecule has 26 heavy (non-hydrogen) atoms. The van der Waals surface area contributed by atoms with Crippen molar-refractivity contribution in [3.05, 3.63) is 47.7 Å². The zero-order chi connectivity index (χ0) is 18.4. The van der Waals surface area contributed by atoms with E-state index in [2.05, 4.69) is 49.4 Å². The summed E-state index contributed by atoms with van der Waals surface area (Å²) >= 11 is 0. The van der Waals surface area contributed by atoms with Crippen LogP contribution in [0.25, 0.3) is 0 Å². The molecule has 0 aliphatic carbocycles. The van der Waals surface area contributed by atoms with E-state index in [9.17, 15) is 4.79 Å². The van der Waals surface area contributed by atoms with Gasteiger partial charge in [0.25, 0.3) is 0 Å². The van der Waals surface area contributed by atoms with Crippen molar-refractivity contribution in [1.82, 2.24) is 14.9 Å². The fraction of sp³-hybridized carbons (Fsp3) is 0.421. The number of hydrogen-bond donors (Lipinski definition) is 1. The van der Waals surface area contributed by atoms with E-state index >= 15 is 0 Å². The second-order valence-electron chi connectivity index (χ2n) is 6.20. The number of anilines is 2. The molecule has 0 bridgehead atoms. The Morgan fingerprint density at radius 3 is 2.58 bits per heavy atom. The summed E-state index contributed by atoms with van der Waals surface area (Å²) in [6.07, 6.45) is 1.54. The number of methoxy groups -OCH3 is 1. The molecule has 0 amide bonds. The van der Waals surface area contributed by atoms with Crippen molar-refractivity contribution in [1.29, 1.82) is 0 Å². The third kappa shape index (κ3) is 4.29. The van der Waals surface area contributed by atoms with Gasteiger partial charge in [-0.25, -0.2) is 9.78 Å². The van der Waals surface area contributed by atoms with Crippen LogP contribution in [-0.2, 0) is 11.3 Å². The van der Waals surface area contributed by atoms with Gasteiger partial charge in [0.05, 0.1) is 7.11 Å². The lowest BCUT2D eigenvalue weighted by Gasteiger charge is -2.34. The Balaban J connectivity index is 1.65. The van der Waals surface area contributed by atoms with E-state index in [-0.39, 0.29) is 0 Å². The van der Waals surface area contributed by atoms with E-state index in [1.54, 1.807) is 6.20 Å². The van der Waals surface area contributed by atoms with Crippen LogP contribution in [0.1, 0.15) is 22.8 Å². The quantitative estimate of drug-likeness (QED) is 0.795. The molecule has 1 aliphatic rings. The number of benzene rings is 1. The molecule has 0 saturated carbocycles. The number of esters is 1. The second kappa shape index (κ2) is 8.62. The second-order valence-corrected chi connectivity index (χ2v) is 6.20. The molecule has 7 heteroatoms. The highest BCUT2D eigenvalue weighted by Crippen LogP contribution is 2.19. The minimum Gasteiger partial charge on any atom is -0.465 e. The van der Waals surface area contributed by atoms with E-state index in [0.717, 1.165) is 32.7 Å². The molecule has 0 spiro atoms. The SMILES string of the molecule is CCNc1nc(N2CCN(Cc3ccccc3)CC2)ncc1C(=O)OC. The fourth-order valence-corrected chi connectivity index (χ4v) is 3.03. The van der Waals surface area contributed by atoms with Crippen LogP contribution in [0.3, 0.4) is 0 Å². The molecule has 138 valence electrons. The number of carbonyl (C=O) groups is 1. The van der Waals surface area contributed by atoms with Crippen LogP contribution in [0.2, 0.25) is 0 Å². The Bertz CT molecular complexity index is 730. The van der Waals surface area contributed by atoms with Crippen LogP contribution >= 0.6 is 0 Å². The average Bonchev–Trinajstić information content (AvgIpc) is 2.69. The predicted molar refractivity (Wildman–Crippen MR) is 101 cm³/mol. The van der Waals surface area contributed by atoms with Gasteiger partial charge in [0.15, 0.2) is 0 Å². The molecule has 1 aliphatic heterocycles. The molecule has 0 radical (unpaired) electrons. The number of nitrogens with zero attached hydrogens (tertiary/aromatic N) is 4. The highest BCUT2D eigenvalue weighted by Gasteiger charge is 2.21. The van der Waals surface area contributed by atoms with Gasteiger partial charge in [0.1, 0.15) is 11.4 Å². The summed E-state index contributed by atoms with van der Waals surface area (Å²) in [7, 11) is 1.36. The van der Waals surface area contributed by atoms with E-state index in [0.29, 0.717) is 23.9 Å². The van der Waals surface area contributed by atoms with Crippen LogP contribution in [-0.4, -0.2) is 60.7 Å². The topological polar surface area (TPSA) is 70.6 Å². The van der Waals surface area contributed by atoms with Gasteiger partial charge >= 0.3 is 5.97 Å². The molecule has 2 aromatic rings. The number of ether oxygens (including phenoxy) is 1. The van der Waals surface area contributed by atoms with Gasteiger partial charge in [0.2, 0.25) is 5.95 Å². The zero-order valence-electron chi connectivity index (χ0n) is 15.3. The Labute approximate surface area is 154 Å². The van der Waals surface area contributed by atoms with E-state index in [4.69, 9.17) is 4.74 Å². The van der Waals surface area contributed by atoms with Gasteiger partial charge in [0, 0.05) is 45.5 Å². The molecule has 1 fully saturated rings. The molecule has 3 rings (SSSR count). The Hall–Kier alpha value is -2.67. The van der Waals surface area contributed by atoms with E-state index < -0.39 is 5.97 Å². The molecule has 1 aromatic heterocycles. The summed E-state index contributed by atoms with van der Waals surface area (Å²) in [5, 5.41) is 3.12. The summed E-state index contributed by atoms with van der Waals surface area (Å²) in [5.74, 6) is 0.740. The van der Waals surface area contributed by atoms with Crippen LogP contribution in [0.5, 0.6) is 0 Å². The lowest BCUT2D eigenvalue weighted by atomic mass is 10.2. The fourth-order valence-electron chi connectivity index (χ4n) is 3.03. The molecule has 0 unspecified atom stereocenters. The monoisotopic (exact) mass is 355 g/mol. The smallest absolute Gasteiger partial charge is 0.343 e. The van der Waals surface area contributed by atoms with E-state index in [1.807, 2.05) is 13.0 Å². The van der Waals surface area contributed by atoms with Crippen molar-refractivity contribution in [2.75, 3.05) is 50.1 Å². The van der Waals surface area contributed by atoms with Gasteiger partial charge in [-0.3, -0.25) is 4.90 Å². The Morgan fingerprint density at radius 1 is 1.19 bits per heavy atom. The number of carbonyl (C=O) groups excluding carboxylic acids is 1. The Morgan fingerprint density at radius 2 is 1.92 bits per heavy atom. The van der Waals surface area contributed by atoms with Crippen molar-refractivity contribution in [2.45, 2.75) is 13.5 Å². The molecular weight excluding hydrogens is 330 g/mol. The first-order valence-corrected chi connectivity index (χ1v) is 8.91. The highest BCUT2D eigenvalue weighted by molar-refractivity contribution is 5.94. The number of aromatic nitrogens is 2. The maximum Gasteiger partial charge on any atom is 0.343 e. The molecule has 2 heterocycles. The molecule has 1 aromatic carbocycles. The summed E-state index contributed by atoms with van der Waals surface area (Å²) in [4.78, 5) is 25.4. The van der Waals surface area contributed by atoms with Gasteiger partial charge < -0.3 is 15.0 Å². The summed E-state index contributed by atoms with van der Waals surface area (Å²) in [5.41, 5.74) is 1.69. The van der Waals surface area contributed by atoms with Crippen LogP contribution < -0.4 is 10.2 Å². The van der Waals surface area contributed by atoms with Crippen molar-refractivity contribution in [2.24, 2.45) is 0 Å². The van der Waals surface area contributed by atoms with Gasteiger partial charge in [-0.2, -0.15) is 4.98 Å². The number of hydrogen-bond acceptors (Lipinski definition) is 7. The molecule has 1 saturated heterocycles. The first-order valence-electron chi connectivity index (χ1n) is 8.91. The Kier molecular flexibility index (Phi) is 6.01. The lowest BCUT2D eigenvalue weighted by molar-refractivity contribution is 0.0601. The van der Waals surface area contributed by atoms with Gasteiger partial charge in [-0.1, -0.05) is 30.3 Å². The predicted octanol–water partition coefficient (Wildman–Crippen LogP) is 2.02. The average molecular weight is 355 g/mol. The maximum atomic E-state index is 11.9. The van der Waals surface area contributed by atoms with Crippen molar-refractivity contribution >= 4 is 17.7 Å². The third-order valence-electron chi connectivity index (χ3n) is 4.43. The van der Waals surface area contributed by atoms with Crippen molar-refractivity contribution in [3.63, 3.8) is 0 Å². The minimum atomic E-state index is -0.430. The summed E-state index contributed by atoms with van der Waals surface area (Å²) in [6, 6.07) is 10.5. The third-order valence-corrected chi connectivity index (χ3v) is 4.43. The van der Waals surface area contributed by atoms with Crippen LogP contribution in [0, 0.1) is 0 Å². The normalized spacial score (nSPS) is 14.9. The van der Waals surface area contributed by atoms with Crippen molar-refractivity contribution in [3.8, 4) is 0 Å². The molecular formula is C19H25N5O2. The zero-order valence-corrected chi connectivity index (χ0v) is 15.3. The first-order chi connectivity index (χ1) is 12.7. The molecule has 7 nitrogen and oxygen atoms in total. The van der Waals surface area contributed by atoms with Gasteiger partial charge in [-0.05, 0) is 12.5 Å². The number of nitrogens with one attached hydrogen (secondary N) is 1. The van der Waals surface area contributed by atoms with Crippen LogP contribution in [0.15, 0.2) is 36.5 Å². The lowest BCUT2D eigenvalue weighted by Crippen LogP contribution is -2.46. The standard InChI is InChI=1S/C19H25N5O2/c1-3-20-17-16(18(25)26-2)13-21-19(22-17)24-11-9-23(10-12-24)14-15-7-5-4-6-8-15/h4-8,13H,3,9-12,14H2,1-2H3,(H,20,21,22). The summed E-state index contributed by atoms with van der Waals surface area (Å²) in [6.45, 7) is 7.21. The maximum absolute atomic E-state index is 11.9. The summed E-state index contributed by atoms with van der Waals surface area (Å²) < 4.78 is 4.80. The van der Waals surface area contributed by atoms with Gasteiger partial charge in [-0.15, -0.1) is 0 Å². The van der Waals surface area contributed by atoms with Crippen LogP contribution in [0.4, 0.5) is 11.8 Å². The molecule has 1 N–H and O–H groups in total. The first kappa shape index (κ1) is 18.1. The largest absolute Gasteiger partial charge is 0.465 e. The molecule has 0 atom stereocenters. The number of piperazine rings is 1. The highest BCUT2D eigenvalue weighted by atomic mass is 16.5. The number of rotatable bonds is 6.